The van der Waals surface area contributed by atoms with E-state index in [2.05, 4.69) is 10.6 Å². The molecule has 0 atom stereocenters. The van der Waals surface area contributed by atoms with Gasteiger partial charge in [0.15, 0.2) is 0 Å². The monoisotopic (exact) mass is 221 g/mol. The van der Waals surface area contributed by atoms with Crippen LogP contribution in [-0.4, -0.2) is 11.6 Å². The average molecular weight is 221 g/mol. The number of amides is 2. The molecule has 2 amide bonds. The number of carbonyl (C=O) groups is 1. The second-order valence-corrected chi connectivity index (χ2v) is 4.90. The van der Waals surface area contributed by atoms with Gasteiger partial charge >= 0.3 is 6.03 Å². The summed E-state index contributed by atoms with van der Waals surface area (Å²) in [6, 6.07) is 5.23. The lowest BCUT2D eigenvalue weighted by molar-refractivity contribution is 0.244. The van der Waals surface area contributed by atoms with Crippen LogP contribution in [0.1, 0.15) is 26.3 Å². The van der Waals surface area contributed by atoms with E-state index in [1.165, 1.54) is 0 Å². The van der Waals surface area contributed by atoms with Gasteiger partial charge in [0.25, 0.3) is 0 Å². The molecule has 0 saturated carbocycles. The molecule has 0 radical (unpaired) electrons. The van der Waals surface area contributed by atoms with Crippen molar-refractivity contribution in [3.05, 3.63) is 23.8 Å². The van der Waals surface area contributed by atoms with E-state index in [-0.39, 0.29) is 11.6 Å². The number of urea groups is 1. The van der Waals surface area contributed by atoms with E-state index in [0.717, 1.165) is 5.56 Å². The van der Waals surface area contributed by atoms with Crippen LogP contribution in [0.15, 0.2) is 18.2 Å². The summed E-state index contributed by atoms with van der Waals surface area (Å²) < 4.78 is 0. The lowest BCUT2D eigenvalue weighted by Crippen LogP contribution is -2.43. The highest BCUT2D eigenvalue weighted by Crippen LogP contribution is 2.16. The van der Waals surface area contributed by atoms with E-state index in [0.29, 0.717) is 11.4 Å². The van der Waals surface area contributed by atoms with Crippen LogP contribution in [0.3, 0.4) is 0 Å². The van der Waals surface area contributed by atoms with Gasteiger partial charge < -0.3 is 16.4 Å². The Morgan fingerprint density at radius 2 is 1.94 bits per heavy atom. The van der Waals surface area contributed by atoms with Gasteiger partial charge in [-0.2, -0.15) is 0 Å². The Kier molecular flexibility index (Phi) is 3.42. The number of rotatable bonds is 1. The van der Waals surface area contributed by atoms with Crippen LogP contribution in [-0.2, 0) is 0 Å². The van der Waals surface area contributed by atoms with Crippen molar-refractivity contribution in [3.63, 3.8) is 0 Å². The summed E-state index contributed by atoms with van der Waals surface area (Å²) in [6.07, 6.45) is 0. The predicted octanol–water partition coefficient (Wildman–Crippen LogP) is 2.50. The molecule has 0 aromatic heterocycles. The first-order chi connectivity index (χ1) is 7.28. The van der Waals surface area contributed by atoms with Gasteiger partial charge in [0.05, 0.1) is 0 Å². The van der Waals surface area contributed by atoms with Gasteiger partial charge in [0.1, 0.15) is 0 Å². The summed E-state index contributed by atoms with van der Waals surface area (Å²) in [5.74, 6) is 0. The molecule has 16 heavy (non-hydrogen) atoms. The van der Waals surface area contributed by atoms with Crippen LogP contribution in [0.5, 0.6) is 0 Å². The highest BCUT2D eigenvalue weighted by Gasteiger charge is 2.13. The van der Waals surface area contributed by atoms with Gasteiger partial charge in [0, 0.05) is 16.9 Å². The summed E-state index contributed by atoms with van der Waals surface area (Å²) in [7, 11) is 0. The molecular formula is C12H19N3O. The molecule has 88 valence electrons. The lowest BCUT2D eigenvalue weighted by atomic mass is 10.1. The molecule has 1 rings (SSSR count). The zero-order chi connectivity index (χ0) is 12.3. The molecule has 4 nitrogen and oxygen atoms in total. The zero-order valence-electron chi connectivity index (χ0n) is 10.2. The Balaban J connectivity index is 2.67. The topological polar surface area (TPSA) is 67.2 Å². The zero-order valence-corrected chi connectivity index (χ0v) is 10.2. The van der Waals surface area contributed by atoms with Crippen LogP contribution < -0.4 is 16.4 Å². The summed E-state index contributed by atoms with van der Waals surface area (Å²) in [6.45, 7) is 7.70. The fourth-order valence-electron chi connectivity index (χ4n) is 1.22. The van der Waals surface area contributed by atoms with Crippen molar-refractivity contribution in [1.29, 1.82) is 0 Å². The lowest BCUT2D eigenvalue weighted by Gasteiger charge is -2.20. The molecule has 0 saturated heterocycles. The summed E-state index contributed by atoms with van der Waals surface area (Å²) >= 11 is 0. The number of benzene rings is 1. The summed E-state index contributed by atoms with van der Waals surface area (Å²) in [5.41, 5.74) is 7.88. The third kappa shape index (κ3) is 3.81. The van der Waals surface area contributed by atoms with Crippen molar-refractivity contribution in [2.75, 3.05) is 11.1 Å². The number of hydrogen-bond donors (Lipinski definition) is 3. The number of hydrogen-bond acceptors (Lipinski definition) is 2. The van der Waals surface area contributed by atoms with Gasteiger partial charge in [-0.15, -0.1) is 0 Å². The van der Waals surface area contributed by atoms with Crippen LogP contribution in [0.25, 0.3) is 0 Å². The number of carbonyl (C=O) groups excluding carboxylic acids is 1. The molecule has 0 fully saturated rings. The van der Waals surface area contributed by atoms with Crippen LogP contribution >= 0.6 is 0 Å². The number of nitrogens with one attached hydrogen (secondary N) is 2. The number of nitrogen functional groups attached to an aromatic ring is 1. The minimum absolute atomic E-state index is 0.226. The number of nitrogens with two attached hydrogens (primary N) is 1. The van der Waals surface area contributed by atoms with Crippen molar-refractivity contribution in [2.45, 2.75) is 33.2 Å². The van der Waals surface area contributed by atoms with Gasteiger partial charge in [-0.3, -0.25) is 0 Å². The molecule has 0 unspecified atom stereocenters. The second-order valence-electron chi connectivity index (χ2n) is 4.90. The molecular weight excluding hydrogens is 202 g/mol. The quantitative estimate of drug-likeness (QED) is 0.638. The second kappa shape index (κ2) is 4.43. The molecule has 0 aliphatic heterocycles. The largest absolute Gasteiger partial charge is 0.398 e. The highest BCUT2D eigenvalue weighted by molar-refractivity contribution is 5.90. The van der Waals surface area contributed by atoms with E-state index in [1.54, 1.807) is 6.07 Å². The molecule has 0 spiro atoms. The summed E-state index contributed by atoms with van der Waals surface area (Å²) in [4.78, 5) is 11.6. The standard InChI is InChI=1S/C12H19N3O/c1-8-5-6-9(7-10(8)13)14-11(16)15-12(2,3)4/h5-7H,13H2,1-4H3,(H2,14,15,16). The summed E-state index contributed by atoms with van der Waals surface area (Å²) in [5, 5.41) is 5.55. The minimum Gasteiger partial charge on any atom is -0.398 e. The van der Waals surface area contributed by atoms with Crippen molar-refractivity contribution in [3.8, 4) is 0 Å². The first-order valence-electron chi connectivity index (χ1n) is 5.23. The third-order valence-corrected chi connectivity index (χ3v) is 2.03. The molecule has 1 aromatic carbocycles. The first kappa shape index (κ1) is 12.4. The van der Waals surface area contributed by atoms with E-state index in [4.69, 9.17) is 5.73 Å². The molecule has 4 N–H and O–H groups in total. The smallest absolute Gasteiger partial charge is 0.319 e. The maximum Gasteiger partial charge on any atom is 0.319 e. The maximum atomic E-state index is 11.6. The van der Waals surface area contributed by atoms with E-state index >= 15 is 0 Å². The fraction of sp³-hybridized carbons (Fsp3) is 0.417. The Hall–Kier alpha value is -1.71. The molecule has 4 heteroatoms. The normalized spacial score (nSPS) is 11.0. The third-order valence-electron chi connectivity index (χ3n) is 2.03. The minimum atomic E-state index is -0.250. The van der Waals surface area contributed by atoms with Crippen molar-refractivity contribution in [1.82, 2.24) is 5.32 Å². The van der Waals surface area contributed by atoms with Crippen LogP contribution in [0, 0.1) is 6.92 Å². The number of aryl methyl sites for hydroxylation is 1. The maximum absolute atomic E-state index is 11.6. The molecule has 0 heterocycles. The van der Waals surface area contributed by atoms with Gasteiger partial charge in [-0.05, 0) is 45.4 Å². The first-order valence-corrected chi connectivity index (χ1v) is 5.23. The molecule has 0 bridgehead atoms. The Labute approximate surface area is 96.2 Å². The molecule has 0 aliphatic rings. The van der Waals surface area contributed by atoms with E-state index in [1.807, 2.05) is 39.8 Å². The van der Waals surface area contributed by atoms with Crippen molar-refractivity contribution < 1.29 is 4.79 Å². The number of anilines is 2. The van der Waals surface area contributed by atoms with Crippen LogP contribution in [0.2, 0.25) is 0 Å². The van der Waals surface area contributed by atoms with E-state index < -0.39 is 0 Å². The van der Waals surface area contributed by atoms with Gasteiger partial charge in [-0.1, -0.05) is 6.07 Å². The highest BCUT2D eigenvalue weighted by atomic mass is 16.2. The Morgan fingerprint density at radius 3 is 2.44 bits per heavy atom. The SMILES string of the molecule is Cc1ccc(NC(=O)NC(C)(C)C)cc1N. The van der Waals surface area contributed by atoms with Crippen molar-refractivity contribution >= 4 is 17.4 Å². The van der Waals surface area contributed by atoms with Gasteiger partial charge in [0.2, 0.25) is 0 Å². The fourth-order valence-corrected chi connectivity index (χ4v) is 1.22. The van der Waals surface area contributed by atoms with Crippen LogP contribution in [0.4, 0.5) is 16.2 Å². The average Bonchev–Trinajstić information content (AvgIpc) is 2.08. The Bertz CT molecular complexity index is 394. The molecule has 0 aliphatic carbocycles. The predicted molar refractivity (Wildman–Crippen MR) is 67.5 cm³/mol. The molecule has 1 aromatic rings. The van der Waals surface area contributed by atoms with E-state index in [9.17, 15) is 4.79 Å². The van der Waals surface area contributed by atoms with Gasteiger partial charge in [-0.25, -0.2) is 4.79 Å². The Morgan fingerprint density at radius 1 is 1.31 bits per heavy atom. The van der Waals surface area contributed by atoms with Crippen molar-refractivity contribution in [2.24, 2.45) is 0 Å².